The third-order valence-corrected chi connectivity index (χ3v) is 4.44. The van der Waals surface area contributed by atoms with Crippen LogP contribution < -0.4 is 21.7 Å². The summed E-state index contributed by atoms with van der Waals surface area (Å²) in [6.45, 7) is 0.0582. The number of benzene rings is 1. The molecule has 2 aromatic rings. The molecule has 1 aromatic carbocycles. The largest absolute Gasteiger partial charge is 0.480 e. The lowest BCUT2D eigenvalue weighted by Gasteiger charge is -2.19. The summed E-state index contributed by atoms with van der Waals surface area (Å²) in [7, 11) is 0. The second-order valence-corrected chi connectivity index (χ2v) is 6.76. The molecule has 11 heteroatoms. The lowest BCUT2D eigenvalue weighted by atomic mass is 10.0. The van der Waals surface area contributed by atoms with Crippen LogP contribution in [0.3, 0.4) is 0 Å². The molecular formula is C19H25N5O6. The number of aromatic amines is 1. The van der Waals surface area contributed by atoms with Gasteiger partial charge in [-0.1, -0.05) is 18.2 Å². The van der Waals surface area contributed by atoms with Gasteiger partial charge in [0.25, 0.3) is 0 Å². The van der Waals surface area contributed by atoms with E-state index in [0.29, 0.717) is 0 Å². The van der Waals surface area contributed by atoms with Crippen LogP contribution in [0.4, 0.5) is 0 Å². The van der Waals surface area contributed by atoms with Crippen LogP contribution in [0.2, 0.25) is 0 Å². The number of aliphatic hydroxyl groups excluding tert-OH is 1. The fourth-order valence-electron chi connectivity index (χ4n) is 2.75. The number of aromatic nitrogens is 1. The number of aliphatic carboxylic acids is 1. The average molecular weight is 419 g/mol. The third kappa shape index (κ3) is 6.03. The number of para-hydroxylation sites is 1. The zero-order valence-electron chi connectivity index (χ0n) is 16.3. The van der Waals surface area contributed by atoms with E-state index in [9.17, 15) is 24.3 Å². The van der Waals surface area contributed by atoms with Gasteiger partial charge in [0, 0.05) is 17.1 Å². The van der Waals surface area contributed by atoms with E-state index in [1.807, 2.05) is 24.3 Å². The Hall–Kier alpha value is -3.44. The third-order valence-electron chi connectivity index (χ3n) is 4.44. The van der Waals surface area contributed by atoms with Crippen molar-refractivity contribution in [3.05, 3.63) is 36.0 Å². The first-order chi connectivity index (χ1) is 14.2. The van der Waals surface area contributed by atoms with Gasteiger partial charge in [0.1, 0.15) is 12.1 Å². The Morgan fingerprint density at radius 2 is 1.83 bits per heavy atom. The number of carbonyl (C=O) groups is 4. The number of H-pyrrole nitrogens is 1. The highest BCUT2D eigenvalue weighted by molar-refractivity contribution is 5.93. The molecule has 0 aliphatic heterocycles. The van der Waals surface area contributed by atoms with E-state index < -0.39 is 55.0 Å². The zero-order valence-corrected chi connectivity index (χ0v) is 16.3. The molecule has 0 bridgehead atoms. The second kappa shape index (κ2) is 10.4. The average Bonchev–Trinajstić information content (AvgIpc) is 3.12. The second-order valence-electron chi connectivity index (χ2n) is 6.76. The molecule has 3 amide bonds. The van der Waals surface area contributed by atoms with Crippen molar-refractivity contribution < 1.29 is 29.4 Å². The molecule has 0 saturated heterocycles. The Bertz CT molecular complexity index is 927. The maximum atomic E-state index is 12.4. The highest BCUT2D eigenvalue weighted by Gasteiger charge is 2.24. The minimum atomic E-state index is -1.31. The van der Waals surface area contributed by atoms with Gasteiger partial charge in [0.15, 0.2) is 0 Å². The molecule has 3 atom stereocenters. The smallest absolute Gasteiger partial charge is 0.325 e. The van der Waals surface area contributed by atoms with E-state index in [2.05, 4.69) is 20.9 Å². The van der Waals surface area contributed by atoms with Gasteiger partial charge in [-0.25, -0.2) is 0 Å². The summed E-state index contributed by atoms with van der Waals surface area (Å²) in [6, 6.07) is 4.13. The monoisotopic (exact) mass is 419 g/mol. The minimum Gasteiger partial charge on any atom is -0.480 e. The normalized spacial score (nSPS) is 13.8. The summed E-state index contributed by atoms with van der Waals surface area (Å²) in [6.07, 6.45) is 1.97. The number of nitrogens with two attached hydrogens (primary N) is 1. The Kier molecular flexibility index (Phi) is 7.90. The first-order valence-corrected chi connectivity index (χ1v) is 9.24. The predicted octanol–water partition coefficient (Wildman–Crippen LogP) is -1.78. The quantitative estimate of drug-likeness (QED) is 0.237. The molecule has 0 aliphatic rings. The maximum Gasteiger partial charge on any atom is 0.325 e. The van der Waals surface area contributed by atoms with E-state index in [1.165, 1.54) is 6.92 Å². The highest BCUT2D eigenvalue weighted by Crippen LogP contribution is 2.18. The van der Waals surface area contributed by atoms with E-state index >= 15 is 0 Å². The summed E-state index contributed by atoms with van der Waals surface area (Å²) in [5.41, 5.74) is 7.69. The number of aliphatic hydroxyl groups is 1. The van der Waals surface area contributed by atoms with E-state index in [-0.39, 0.29) is 6.42 Å². The Morgan fingerprint density at radius 1 is 1.13 bits per heavy atom. The zero-order chi connectivity index (χ0) is 22.3. The van der Waals surface area contributed by atoms with Gasteiger partial charge in [0.2, 0.25) is 17.7 Å². The Morgan fingerprint density at radius 3 is 2.50 bits per heavy atom. The van der Waals surface area contributed by atoms with Crippen molar-refractivity contribution in [1.29, 1.82) is 0 Å². The highest BCUT2D eigenvalue weighted by atomic mass is 16.4. The predicted molar refractivity (Wildman–Crippen MR) is 107 cm³/mol. The topological polar surface area (TPSA) is 187 Å². The number of nitrogens with one attached hydrogen (secondary N) is 4. The van der Waals surface area contributed by atoms with Gasteiger partial charge >= 0.3 is 5.97 Å². The number of fused-ring (bicyclic) bond motifs is 1. The fraction of sp³-hybridized carbons (Fsp3) is 0.368. The first kappa shape index (κ1) is 22.8. The molecule has 0 aliphatic carbocycles. The number of rotatable bonds is 10. The molecule has 162 valence electrons. The summed E-state index contributed by atoms with van der Waals surface area (Å²) in [4.78, 5) is 49.9. The van der Waals surface area contributed by atoms with Crippen molar-refractivity contribution in [2.75, 3.05) is 13.2 Å². The molecule has 0 fully saturated rings. The molecule has 30 heavy (non-hydrogen) atoms. The van der Waals surface area contributed by atoms with Crippen LogP contribution in [-0.4, -0.2) is 70.2 Å². The fourth-order valence-corrected chi connectivity index (χ4v) is 2.75. The lowest BCUT2D eigenvalue weighted by molar-refractivity contribution is -0.141. The van der Waals surface area contributed by atoms with E-state index in [4.69, 9.17) is 10.8 Å². The Labute approximate surface area is 172 Å². The van der Waals surface area contributed by atoms with Crippen LogP contribution >= 0.6 is 0 Å². The number of carboxylic acids is 1. The summed E-state index contributed by atoms with van der Waals surface area (Å²) >= 11 is 0. The van der Waals surface area contributed by atoms with Gasteiger partial charge in [-0.15, -0.1) is 0 Å². The summed E-state index contributed by atoms with van der Waals surface area (Å²) in [5, 5.41) is 25.8. The van der Waals surface area contributed by atoms with Crippen molar-refractivity contribution in [3.63, 3.8) is 0 Å². The summed E-state index contributed by atoms with van der Waals surface area (Å²) in [5.74, 6) is -3.39. The van der Waals surface area contributed by atoms with Crippen molar-refractivity contribution in [2.24, 2.45) is 5.73 Å². The van der Waals surface area contributed by atoms with Crippen LogP contribution in [0.1, 0.15) is 12.5 Å². The van der Waals surface area contributed by atoms with Crippen LogP contribution in [0.15, 0.2) is 30.5 Å². The number of carboxylic acid groups (broad SMARTS) is 1. The van der Waals surface area contributed by atoms with Gasteiger partial charge in [-0.05, 0) is 25.0 Å². The Balaban J connectivity index is 1.87. The molecule has 2 rings (SSSR count). The number of hydrogen-bond donors (Lipinski definition) is 7. The molecule has 11 nitrogen and oxygen atoms in total. The van der Waals surface area contributed by atoms with Gasteiger partial charge in [-0.2, -0.15) is 0 Å². The van der Waals surface area contributed by atoms with Crippen molar-refractivity contribution in [3.8, 4) is 0 Å². The SMILES string of the molecule is CC(NC(=O)CNC(=O)C(CO)NC(=O)C(N)Cc1c[nH]c2ccccc12)C(=O)O. The number of hydrogen-bond acceptors (Lipinski definition) is 6. The van der Waals surface area contributed by atoms with Crippen LogP contribution in [-0.2, 0) is 25.6 Å². The first-order valence-electron chi connectivity index (χ1n) is 9.24. The minimum absolute atomic E-state index is 0.213. The molecule has 8 N–H and O–H groups in total. The van der Waals surface area contributed by atoms with Gasteiger partial charge < -0.3 is 36.9 Å². The summed E-state index contributed by atoms with van der Waals surface area (Å²) < 4.78 is 0. The van der Waals surface area contributed by atoms with E-state index in [0.717, 1.165) is 16.5 Å². The molecule has 1 aromatic heterocycles. The number of carbonyl (C=O) groups excluding carboxylic acids is 3. The molecular weight excluding hydrogens is 394 g/mol. The molecule has 3 unspecified atom stereocenters. The van der Waals surface area contributed by atoms with Crippen molar-refractivity contribution >= 4 is 34.6 Å². The van der Waals surface area contributed by atoms with Gasteiger partial charge in [-0.3, -0.25) is 19.2 Å². The van der Waals surface area contributed by atoms with E-state index in [1.54, 1.807) is 6.20 Å². The molecule has 0 spiro atoms. The molecule has 0 saturated carbocycles. The van der Waals surface area contributed by atoms with Crippen LogP contribution in [0.25, 0.3) is 10.9 Å². The van der Waals surface area contributed by atoms with Crippen molar-refractivity contribution in [1.82, 2.24) is 20.9 Å². The van der Waals surface area contributed by atoms with Crippen LogP contribution in [0.5, 0.6) is 0 Å². The standard InChI is InChI=1S/C19H25N5O6/c1-10(19(29)30)23-16(26)8-22-18(28)15(9-25)24-17(27)13(20)6-11-7-21-14-5-3-2-4-12(11)14/h2-5,7,10,13,15,21,25H,6,8-9,20H2,1H3,(H,22,28)(H,23,26)(H,24,27)(H,29,30). The lowest BCUT2D eigenvalue weighted by Crippen LogP contribution is -2.55. The maximum absolute atomic E-state index is 12.4. The number of amides is 3. The molecule has 0 radical (unpaired) electrons. The van der Waals surface area contributed by atoms with Gasteiger partial charge in [0.05, 0.1) is 19.2 Å². The molecule has 1 heterocycles. The van der Waals surface area contributed by atoms with Crippen LogP contribution in [0, 0.1) is 0 Å². The van der Waals surface area contributed by atoms with Crippen molar-refractivity contribution in [2.45, 2.75) is 31.5 Å².